The molecule has 4 nitrogen and oxygen atoms in total. The van der Waals surface area contributed by atoms with Crippen LogP contribution in [0.4, 0.5) is 0 Å². The van der Waals surface area contributed by atoms with Gasteiger partial charge in [-0.25, -0.2) is 0 Å². The molecule has 0 amide bonds. The number of aromatic nitrogens is 3. The highest BCUT2D eigenvalue weighted by Crippen LogP contribution is 2.22. The van der Waals surface area contributed by atoms with Crippen molar-refractivity contribution in [3.63, 3.8) is 0 Å². The van der Waals surface area contributed by atoms with Gasteiger partial charge in [0.15, 0.2) is 0 Å². The molecular formula is C21H17N3O. The molecule has 0 atom stereocenters. The lowest BCUT2D eigenvalue weighted by molar-refractivity contribution is 0.760. The molecule has 0 spiro atoms. The van der Waals surface area contributed by atoms with E-state index >= 15 is 0 Å². The number of nitrogens with one attached hydrogen (secondary N) is 1. The Labute approximate surface area is 145 Å². The minimum absolute atomic E-state index is 0.0229. The van der Waals surface area contributed by atoms with Crippen LogP contribution in [0.25, 0.3) is 28.1 Å². The summed E-state index contributed by atoms with van der Waals surface area (Å²) < 4.78 is 1.73. The van der Waals surface area contributed by atoms with Gasteiger partial charge in [0, 0.05) is 17.6 Å². The molecule has 4 rings (SSSR count). The summed E-state index contributed by atoms with van der Waals surface area (Å²) in [6.45, 7) is 4.36. The van der Waals surface area contributed by atoms with Crippen LogP contribution in [0.15, 0.2) is 78.4 Å². The Bertz CT molecular complexity index is 1120. The van der Waals surface area contributed by atoms with Crippen LogP contribution in [0, 0.1) is 0 Å². The molecule has 0 radical (unpaired) electrons. The number of hydrogen-bond acceptors (Lipinski definition) is 2. The van der Waals surface area contributed by atoms with Crippen LogP contribution < -0.4 is 5.56 Å². The van der Waals surface area contributed by atoms with Crippen molar-refractivity contribution in [2.45, 2.75) is 6.54 Å². The van der Waals surface area contributed by atoms with Gasteiger partial charge in [-0.2, -0.15) is 5.10 Å². The van der Waals surface area contributed by atoms with E-state index in [2.05, 4.69) is 16.8 Å². The van der Waals surface area contributed by atoms with Crippen molar-refractivity contribution in [1.29, 1.82) is 0 Å². The smallest absolute Gasteiger partial charge is 0.250 e. The van der Waals surface area contributed by atoms with Crippen molar-refractivity contribution in [1.82, 2.24) is 14.8 Å². The van der Waals surface area contributed by atoms with Crippen molar-refractivity contribution < 1.29 is 0 Å². The molecule has 1 N–H and O–H groups in total. The SMILES string of the molecule is C=Cc1ccccc1Cn1cc(-c2ccc3cn[nH]c3c2)ccc1=O. The van der Waals surface area contributed by atoms with E-state index in [1.54, 1.807) is 16.8 Å². The summed E-state index contributed by atoms with van der Waals surface area (Å²) in [5, 5.41) is 8.10. The molecule has 0 bridgehead atoms. The highest BCUT2D eigenvalue weighted by Gasteiger charge is 2.06. The molecular weight excluding hydrogens is 310 g/mol. The lowest BCUT2D eigenvalue weighted by Crippen LogP contribution is -2.19. The first-order chi connectivity index (χ1) is 12.2. The van der Waals surface area contributed by atoms with Gasteiger partial charge >= 0.3 is 0 Å². The van der Waals surface area contributed by atoms with Crippen LogP contribution in [0.5, 0.6) is 0 Å². The highest BCUT2D eigenvalue weighted by molar-refractivity contribution is 5.83. The number of fused-ring (bicyclic) bond motifs is 1. The first-order valence-corrected chi connectivity index (χ1v) is 8.09. The predicted octanol–water partition coefficient (Wildman–Crippen LogP) is 4.08. The van der Waals surface area contributed by atoms with Gasteiger partial charge < -0.3 is 4.57 Å². The zero-order valence-corrected chi connectivity index (χ0v) is 13.6. The van der Waals surface area contributed by atoms with Gasteiger partial charge in [-0.05, 0) is 34.4 Å². The van der Waals surface area contributed by atoms with Crippen LogP contribution in [-0.2, 0) is 6.54 Å². The van der Waals surface area contributed by atoms with Gasteiger partial charge in [0.2, 0.25) is 0 Å². The van der Waals surface area contributed by atoms with Crippen LogP contribution in [0.1, 0.15) is 11.1 Å². The molecule has 122 valence electrons. The minimum Gasteiger partial charge on any atom is -0.310 e. The Morgan fingerprint density at radius 1 is 1.08 bits per heavy atom. The Kier molecular flexibility index (Phi) is 3.78. The summed E-state index contributed by atoms with van der Waals surface area (Å²) in [7, 11) is 0. The molecule has 0 saturated carbocycles. The third-order valence-electron chi connectivity index (χ3n) is 4.37. The third kappa shape index (κ3) is 2.90. The predicted molar refractivity (Wildman–Crippen MR) is 101 cm³/mol. The van der Waals surface area contributed by atoms with E-state index in [-0.39, 0.29) is 5.56 Å². The van der Waals surface area contributed by atoms with Crippen molar-refractivity contribution >= 4 is 17.0 Å². The molecule has 0 aliphatic heterocycles. The van der Waals surface area contributed by atoms with Gasteiger partial charge in [0.05, 0.1) is 18.3 Å². The van der Waals surface area contributed by atoms with E-state index in [9.17, 15) is 4.79 Å². The maximum absolute atomic E-state index is 12.3. The number of hydrogen-bond donors (Lipinski definition) is 1. The van der Waals surface area contributed by atoms with Crippen LogP contribution >= 0.6 is 0 Å². The molecule has 0 fully saturated rings. The van der Waals surface area contributed by atoms with E-state index in [0.717, 1.165) is 33.2 Å². The minimum atomic E-state index is -0.0229. The van der Waals surface area contributed by atoms with Crippen LogP contribution in [-0.4, -0.2) is 14.8 Å². The summed E-state index contributed by atoms with van der Waals surface area (Å²) in [4.78, 5) is 12.3. The molecule has 2 aromatic carbocycles. The molecule has 25 heavy (non-hydrogen) atoms. The van der Waals surface area contributed by atoms with Gasteiger partial charge in [-0.3, -0.25) is 9.89 Å². The second-order valence-electron chi connectivity index (χ2n) is 5.96. The Hall–Kier alpha value is -3.40. The van der Waals surface area contributed by atoms with Gasteiger partial charge in [-0.1, -0.05) is 49.1 Å². The fourth-order valence-corrected chi connectivity index (χ4v) is 3.00. The lowest BCUT2D eigenvalue weighted by Gasteiger charge is -2.11. The van der Waals surface area contributed by atoms with E-state index in [1.807, 2.05) is 60.8 Å². The van der Waals surface area contributed by atoms with Crippen molar-refractivity contribution in [2.24, 2.45) is 0 Å². The van der Waals surface area contributed by atoms with Crippen LogP contribution in [0.2, 0.25) is 0 Å². The maximum Gasteiger partial charge on any atom is 0.250 e. The topological polar surface area (TPSA) is 50.7 Å². The first-order valence-electron chi connectivity index (χ1n) is 8.09. The van der Waals surface area contributed by atoms with Crippen molar-refractivity contribution in [3.05, 3.63) is 95.1 Å². The second kappa shape index (κ2) is 6.24. The summed E-state index contributed by atoms with van der Waals surface area (Å²) in [5.74, 6) is 0. The number of rotatable bonds is 4. The zero-order valence-electron chi connectivity index (χ0n) is 13.6. The molecule has 2 aromatic heterocycles. The van der Waals surface area contributed by atoms with E-state index in [0.29, 0.717) is 6.54 Å². The fraction of sp³-hybridized carbons (Fsp3) is 0.0476. The summed E-state index contributed by atoms with van der Waals surface area (Å²) >= 11 is 0. The Morgan fingerprint density at radius 3 is 2.80 bits per heavy atom. The Balaban J connectivity index is 1.75. The number of nitrogens with zero attached hydrogens (tertiary/aromatic N) is 2. The van der Waals surface area contributed by atoms with E-state index in [4.69, 9.17) is 0 Å². The third-order valence-corrected chi connectivity index (χ3v) is 4.37. The summed E-state index contributed by atoms with van der Waals surface area (Å²) in [6, 6.07) is 17.6. The molecule has 2 heterocycles. The fourth-order valence-electron chi connectivity index (χ4n) is 3.00. The second-order valence-corrected chi connectivity index (χ2v) is 5.96. The van der Waals surface area contributed by atoms with E-state index in [1.165, 1.54) is 0 Å². The normalized spacial score (nSPS) is 10.9. The van der Waals surface area contributed by atoms with Gasteiger partial charge in [0.25, 0.3) is 5.56 Å². The average Bonchev–Trinajstić information content (AvgIpc) is 3.11. The first kappa shape index (κ1) is 15.1. The summed E-state index contributed by atoms with van der Waals surface area (Å²) in [5.41, 5.74) is 5.10. The van der Waals surface area contributed by atoms with Crippen LogP contribution in [0.3, 0.4) is 0 Å². The van der Waals surface area contributed by atoms with Gasteiger partial charge in [0.1, 0.15) is 0 Å². The molecule has 4 aromatic rings. The average molecular weight is 327 g/mol. The lowest BCUT2D eigenvalue weighted by atomic mass is 10.1. The van der Waals surface area contributed by atoms with Crippen molar-refractivity contribution in [3.8, 4) is 11.1 Å². The van der Waals surface area contributed by atoms with Gasteiger partial charge in [-0.15, -0.1) is 0 Å². The summed E-state index contributed by atoms with van der Waals surface area (Å²) in [6.07, 6.45) is 5.52. The standard InChI is InChI=1S/C21H17N3O/c1-2-15-5-3-4-6-18(15)13-24-14-19(9-10-21(24)25)16-7-8-17-12-22-23-20(17)11-16/h2-12,14H,1,13H2,(H,22,23). The number of aromatic amines is 1. The molecule has 4 heteroatoms. The molecule has 0 saturated heterocycles. The number of benzene rings is 2. The zero-order chi connectivity index (χ0) is 17.2. The largest absolute Gasteiger partial charge is 0.310 e. The van der Waals surface area contributed by atoms with E-state index < -0.39 is 0 Å². The molecule has 0 aliphatic rings. The maximum atomic E-state index is 12.3. The molecule has 0 aliphatic carbocycles. The molecule has 0 unspecified atom stereocenters. The number of H-pyrrole nitrogens is 1. The Morgan fingerprint density at radius 2 is 1.92 bits per heavy atom. The highest BCUT2D eigenvalue weighted by atomic mass is 16.1. The van der Waals surface area contributed by atoms with Crippen molar-refractivity contribution in [2.75, 3.05) is 0 Å². The quantitative estimate of drug-likeness (QED) is 0.614. The number of pyridine rings is 1. The monoisotopic (exact) mass is 327 g/mol.